The summed E-state index contributed by atoms with van der Waals surface area (Å²) in [6, 6.07) is 1.78. The average molecular weight is 325 g/mol. The molecular formula is C12H13BrN4O2. The van der Waals surface area contributed by atoms with Crippen LogP contribution >= 0.6 is 15.9 Å². The lowest BCUT2D eigenvalue weighted by Crippen LogP contribution is -2.10. The first-order valence-corrected chi connectivity index (χ1v) is 6.61. The molecule has 2 rings (SSSR count). The van der Waals surface area contributed by atoms with Gasteiger partial charge in [-0.2, -0.15) is 0 Å². The molecule has 0 atom stereocenters. The maximum Gasteiger partial charge on any atom is 0.312 e. The third-order valence-corrected chi connectivity index (χ3v) is 2.97. The van der Waals surface area contributed by atoms with Crippen molar-refractivity contribution in [1.82, 2.24) is 9.97 Å². The molecule has 0 bridgehead atoms. The van der Waals surface area contributed by atoms with E-state index in [-0.39, 0.29) is 5.69 Å². The van der Waals surface area contributed by atoms with Crippen LogP contribution in [0, 0.1) is 16.0 Å². The molecule has 0 unspecified atom stereocenters. The fourth-order valence-electron chi connectivity index (χ4n) is 1.66. The zero-order valence-electron chi connectivity index (χ0n) is 10.6. The monoisotopic (exact) mass is 324 g/mol. The number of nitrogens with zero attached hydrogens (tertiary/aromatic N) is 3. The van der Waals surface area contributed by atoms with Crippen LogP contribution in [0.4, 0.5) is 11.4 Å². The Balaban J connectivity index is 2.58. The van der Waals surface area contributed by atoms with E-state index in [2.05, 4.69) is 31.2 Å². The normalized spacial score (nSPS) is 10.9. The van der Waals surface area contributed by atoms with Crippen LogP contribution in [-0.2, 0) is 0 Å². The molecule has 7 heteroatoms. The van der Waals surface area contributed by atoms with Gasteiger partial charge in [-0.1, -0.05) is 13.8 Å². The van der Waals surface area contributed by atoms with E-state index in [1.807, 2.05) is 13.8 Å². The van der Waals surface area contributed by atoms with E-state index in [0.29, 0.717) is 29.2 Å². The van der Waals surface area contributed by atoms with E-state index in [1.54, 1.807) is 12.3 Å². The number of fused-ring (bicyclic) bond motifs is 1. The van der Waals surface area contributed by atoms with Gasteiger partial charge in [-0.25, -0.2) is 4.98 Å². The Hall–Kier alpha value is -1.76. The molecule has 2 heterocycles. The Morgan fingerprint density at radius 3 is 2.79 bits per heavy atom. The van der Waals surface area contributed by atoms with Crippen molar-refractivity contribution < 1.29 is 4.92 Å². The minimum atomic E-state index is -0.446. The maximum atomic E-state index is 11.1. The first-order chi connectivity index (χ1) is 8.99. The van der Waals surface area contributed by atoms with Crippen molar-refractivity contribution in [3.05, 3.63) is 33.0 Å². The van der Waals surface area contributed by atoms with Crippen molar-refractivity contribution in [2.45, 2.75) is 13.8 Å². The summed E-state index contributed by atoms with van der Waals surface area (Å²) in [4.78, 5) is 18.9. The Morgan fingerprint density at radius 1 is 1.42 bits per heavy atom. The standard InChI is InChI=1S/C12H13BrN4O2/c1-7(2)4-15-12-10(17(18)19)6-14-9-3-8(13)5-16-11(9)12/h3,5-7H,4H2,1-2H3,(H,14,15). The molecule has 0 aliphatic rings. The van der Waals surface area contributed by atoms with Crippen molar-refractivity contribution in [2.24, 2.45) is 5.92 Å². The van der Waals surface area contributed by atoms with Crippen LogP contribution in [0.15, 0.2) is 22.9 Å². The van der Waals surface area contributed by atoms with Crippen molar-refractivity contribution >= 4 is 38.3 Å². The number of nitro groups is 1. The minimum absolute atomic E-state index is 0.0528. The molecular weight excluding hydrogens is 312 g/mol. The molecule has 0 fully saturated rings. The van der Waals surface area contributed by atoms with Crippen molar-refractivity contribution in [2.75, 3.05) is 11.9 Å². The molecule has 100 valence electrons. The highest BCUT2D eigenvalue weighted by Gasteiger charge is 2.19. The smallest absolute Gasteiger partial charge is 0.312 e. The molecule has 0 spiro atoms. The van der Waals surface area contributed by atoms with Gasteiger partial charge in [-0.15, -0.1) is 0 Å². The maximum absolute atomic E-state index is 11.1. The van der Waals surface area contributed by atoms with Crippen LogP contribution in [0.25, 0.3) is 11.0 Å². The predicted molar refractivity (Wildman–Crippen MR) is 77.2 cm³/mol. The molecule has 6 nitrogen and oxygen atoms in total. The van der Waals surface area contributed by atoms with E-state index >= 15 is 0 Å². The van der Waals surface area contributed by atoms with Gasteiger partial charge in [0.1, 0.15) is 17.4 Å². The van der Waals surface area contributed by atoms with Crippen molar-refractivity contribution in [3.63, 3.8) is 0 Å². The topological polar surface area (TPSA) is 81.0 Å². The predicted octanol–water partition coefficient (Wildman–Crippen LogP) is 3.37. The zero-order valence-corrected chi connectivity index (χ0v) is 12.1. The summed E-state index contributed by atoms with van der Waals surface area (Å²) in [6.07, 6.45) is 2.87. The molecule has 0 aromatic carbocycles. The quantitative estimate of drug-likeness (QED) is 0.688. The van der Waals surface area contributed by atoms with Crippen LogP contribution in [0.5, 0.6) is 0 Å². The second-order valence-corrected chi connectivity index (χ2v) is 5.49. The van der Waals surface area contributed by atoms with Gasteiger partial charge >= 0.3 is 5.69 Å². The summed E-state index contributed by atoms with van der Waals surface area (Å²) in [5.74, 6) is 0.373. The van der Waals surface area contributed by atoms with Gasteiger partial charge in [0.05, 0.1) is 10.4 Å². The average Bonchev–Trinajstić information content (AvgIpc) is 2.34. The number of hydrogen-bond donors (Lipinski definition) is 1. The SMILES string of the molecule is CC(C)CNc1c([N+](=O)[O-])cnc2cc(Br)cnc12. The summed E-state index contributed by atoms with van der Waals surface area (Å²) < 4.78 is 0.788. The number of aromatic nitrogens is 2. The molecule has 0 amide bonds. The molecule has 0 aliphatic heterocycles. The molecule has 0 aliphatic carbocycles. The summed E-state index contributed by atoms with van der Waals surface area (Å²) in [6.45, 7) is 4.70. The molecule has 0 radical (unpaired) electrons. The van der Waals surface area contributed by atoms with E-state index < -0.39 is 4.92 Å². The van der Waals surface area contributed by atoms with Gasteiger partial charge < -0.3 is 5.32 Å². The van der Waals surface area contributed by atoms with E-state index in [0.717, 1.165) is 4.47 Å². The van der Waals surface area contributed by atoms with Gasteiger partial charge in [0.15, 0.2) is 0 Å². The summed E-state index contributed by atoms with van der Waals surface area (Å²) in [5.41, 5.74) is 1.50. The van der Waals surface area contributed by atoms with Gasteiger partial charge in [-0.3, -0.25) is 15.1 Å². The van der Waals surface area contributed by atoms with Gasteiger partial charge in [0.2, 0.25) is 0 Å². The lowest BCUT2D eigenvalue weighted by atomic mass is 10.2. The van der Waals surface area contributed by atoms with Crippen LogP contribution in [-0.4, -0.2) is 21.4 Å². The number of pyridine rings is 2. The van der Waals surface area contributed by atoms with Crippen molar-refractivity contribution in [1.29, 1.82) is 0 Å². The van der Waals surface area contributed by atoms with E-state index in [9.17, 15) is 10.1 Å². The molecule has 1 N–H and O–H groups in total. The lowest BCUT2D eigenvalue weighted by Gasteiger charge is -2.11. The van der Waals surface area contributed by atoms with Crippen LogP contribution < -0.4 is 5.32 Å². The summed E-state index contributed by atoms with van der Waals surface area (Å²) in [5, 5.41) is 14.2. The first kappa shape index (κ1) is 13.7. The molecule has 19 heavy (non-hydrogen) atoms. The fraction of sp³-hybridized carbons (Fsp3) is 0.333. The molecule has 2 aromatic heterocycles. The first-order valence-electron chi connectivity index (χ1n) is 5.81. The molecule has 0 saturated heterocycles. The zero-order chi connectivity index (χ0) is 14.0. The van der Waals surface area contributed by atoms with Gasteiger partial charge in [0, 0.05) is 17.2 Å². The highest BCUT2D eigenvalue weighted by Crippen LogP contribution is 2.31. The Bertz CT molecular complexity index is 630. The third kappa shape index (κ3) is 2.98. The number of anilines is 1. The van der Waals surface area contributed by atoms with E-state index in [1.165, 1.54) is 6.20 Å². The number of hydrogen-bond acceptors (Lipinski definition) is 5. The Morgan fingerprint density at radius 2 is 2.16 bits per heavy atom. The second-order valence-electron chi connectivity index (χ2n) is 4.57. The minimum Gasteiger partial charge on any atom is -0.377 e. The lowest BCUT2D eigenvalue weighted by molar-refractivity contribution is -0.384. The van der Waals surface area contributed by atoms with Crippen LogP contribution in [0.3, 0.4) is 0 Å². The van der Waals surface area contributed by atoms with Crippen LogP contribution in [0.1, 0.15) is 13.8 Å². The Labute approximate surface area is 118 Å². The third-order valence-electron chi connectivity index (χ3n) is 2.54. The van der Waals surface area contributed by atoms with Crippen molar-refractivity contribution in [3.8, 4) is 0 Å². The summed E-state index contributed by atoms with van der Waals surface area (Å²) >= 11 is 3.31. The van der Waals surface area contributed by atoms with Gasteiger partial charge in [0.25, 0.3) is 0 Å². The van der Waals surface area contributed by atoms with Gasteiger partial charge in [-0.05, 0) is 27.9 Å². The number of rotatable bonds is 4. The molecule has 0 saturated carbocycles. The van der Waals surface area contributed by atoms with E-state index in [4.69, 9.17) is 0 Å². The van der Waals surface area contributed by atoms with Crippen LogP contribution in [0.2, 0.25) is 0 Å². The second kappa shape index (κ2) is 5.48. The highest BCUT2D eigenvalue weighted by atomic mass is 79.9. The number of nitrogens with one attached hydrogen (secondary N) is 1. The number of halogens is 1. The summed E-state index contributed by atoms with van der Waals surface area (Å²) in [7, 11) is 0. The fourth-order valence-corrected chi connectivity index (χ4v) is 1.97. The Kier molecular flexibility index (Phi) is 3.94. The largest absolute Gasteiger partial charge is 0.377 e. The molecule has 2 aromatic rings. The highest BCUT2D eigenvalue weighted by molar-refractivity contribution is 9.10.